The molecule has 30 heavy (non-hydrogen) atoms. The number of amides is 1. The van der Waals surface area contributed by atoms with Gasteiger partial charge in [-0.15, -0.1) is 0 Å². The van der Waals surface area contributed by atoms with E-state index in [9.17, 15) is 4.79 Å². The quantitative estimate of drug-likeness (QED) is 0.718. The highest BCUT2D eigenvalue weighted by Gasteiger charge is 2.45. The lowest BCUT2D eigenvalue weighted by Gasteiger charge is -2.46. The minimum atomic E-state index is -0.210. The lowest BCUT2D eigenvalue weighted by molar-refractivity contribution is -0.148. The van der Waals surface area contributed by atoms with Gasteiger partial charge in [-0.3, -0.25) is 4.79 Å². The highest BCUT2D eigenvalue weighted by atomic mass is 16.2. The molecule has 2 fully saturated rings. The lowest BCUT2D eigenvalue weighted by Crippen LogP contribution is -2.53. The van der Waals surface area contributed by atoms with Crippen molar-refractivity contribution in [1.82, 2.24) is 19.9 Å². The van der Waals surface area contributed by atoms with Gasteiger partial charge in [-0.2, -0.15) is 0 Å². The number of aromatic amines is 1. The van der Waals surface area contributed by atoms with Crippen molar-refractivity contribution in [3.05, 3.63) is 53.6 Å². The van der Waals surface area contributed by atoms with E-state index in [0.29, 0.717) is 12.5 Å². The third-order valence-corrected chi connectivity index (χ3v) is 6.86. The molecule has 0 atom stereocenters. The minimum absolute atomic E-state index is 0.210. The number of hydrogen-bond donors (Lipinski definition) is 1. The van der Waals surface area contributed by atoms with Crippen molar-refractivity contribution in [2.75, 3.05) is 24.5 Å². The van der Waals surface area contributed by atoms with Crippen LogP contribution in [0.15, 0.2) is 36.5 Å². The van der Waals surface area contributed by atoms with E-state index in [2.05, 4.69) is 55.2 Å². The summed E-state index contributed by atoms with van der Waals surface area (Å²) in [5, 5.41) is 1.22. The number of benzene rings is 1. The Morgan fingerprint density at radius 3 is 2.67 bits per heavy atom. The molecule has 2 aliphatic heterocycles. The number of likely N-dealkylation sites (tertiary alicyclic amines) is 1. The van der Waals surface area contributed by atoms with Crippen molar-refractivity contribution < 1.29 is 4.79 Å². The van der Waals surface area contributed by atoms with Crippen molar-refractivity contribution >= 4 is 22.6 Å². The van der Waals surface area contributed by atoms with E-state index in [4.69, 9.17) is 0 Å². The van der Waals surface area contributed by atoms with Crippen molar-refractivity contribution in [3.63, 3.8) is 0 Å². The summed E-state index contributed by atoms with van der Waals surface area (Å²) in [5.41, 5.74) is 3.13. The Labute approximate surface area is 177 Å². The van der Waals surface area contributed by atoms with Gasteiger partial charge in [0.1, 0.15) is 11.6 Å². The molecule has 5 rings (SSSR count). The van der Waals surface area contributed by atoms with Crippen LogP contribution in [-0.4, -0.2) is 45.4 Å². The molecular formula is C24H29N5O. The number of H-pyrrole nitrogens is 1. The molecule has 2 aliphatic rings. The lowest BCUT2D eigenvalue weighted by atomic mass is 9.71. The first-order valence-corrected chi connectivity index (χ1v) is 11.0. The molecule has 1 N–H and O–H groups in total. The summed E-state index contributed by atoms with van der Waals surface area (Å²) < 4.78 is 0. The molecule has 2 saturated heterocycles. The predicted molar refractivity (Wildman–Crippen MR) is 118 cm³/mol. The second-order valence-electron chi connectivity index (χ2n) is 8.87. The number of fused-ring (bicyclic) bond motifs is 1. The Kier molecular flexibility index (Phi) is 4.72. The Bertz CT molecular complexity index is 1060. The number of piperidine rings is 2. The molecular weight excluding hydrogens is 374 g/mol. The maximum Gasteiger partial charge on any atom is 0.229 e. The molecule has 4 heterocycles. The predicted octanol–water partition coefficient (Wildman–Crippen LogP) is 3.98. The van der Waals surface area contributed by atoms with E-state index in [1.165, 1.54) is 10.9 Å². The molecule has 3 aromatic rings. The Morgan fingerprint density at radius 1 is 1.07 bits per heavy atom. The summed E-state index contributed by atoms with van der Waals surface area (Å²) in [5.74, 6) is 2.14. The van der Waals surface area contributed by atoms with Crippen LogP contribution in [0.25, 0.3) is 10.9 Å². The van der Waals surface area contributed by atoms with E-state index in [-0.39, 0.29) is 5.41 Å². The van der Waals surface area contributed by atoms with E-state index in [0.717, 1.165) is 68.2 Å². The third kappa shape index (κ3) is 3.34. The van der Waals surface area contributed by atoms with Crippen LogP contribution in [0.5, 0.6) is 0 Å². The summed E-state index contributed by atoms with van der Waals surface area (Å²) >= 11 is 0. The van der Waals surface area contributed by atoms with Crippen molar-refractivity contribution in [2.45, 2.75) is 46.1 Å². The fourth-order valence-electron chi connectivity index (χ4n) is 5.26. The van der Waals surface area contributed by atoms with Gasteiger partial charge in [0.15, 0.2) is 0 Å². The van der Waals surface area contributed by atoms with Gasteiger partial charge in [0, 0.05) is 55.0 Å². The zero-order chi connectivity index (χ0) is 20.7. The fourth-order valence-corrected chi connectivity index (χ4v) is 5.26. The molecule has 0 radical (unpaired) electrons. The molecule has 6 nitrogen and oxygen atoms in total. The average molecular weight is 404 g/mol. The van der Waals surface area contributed by atoms with Gasteiger partial charge < -0.3 is 14.8 Å². The van der Waals surface area contributed by atoms with Crippen molar-refractivity contribution in [3.8, 4) is 0 Å². The van der Waals surface area contributed by atoms with Crippen LogP contribution in [0.1, 0.15) is 42.8 Å². The molecule has 1 amide bonds. The zero-order valence-electron chi connectivity index (χ0n) is 17.8. The SMILES string of the molecule is Cc1cc(N2CCC3(CCCN(Cc4c[nH]c5ccccc45)C3=O)CC2)nc(C)n1. The highest BCUT2D eigenvalue weighted by Crippen LogP contribution is 2.42. The Hall–Kier alpha value is -2.89. The molecule has 6 heteroatoms. The first-order chi connectivity index (χ1) is 14.5. The number of rotatable bonds is 3. The van der Waals surface area contributed by atoms with Crippen molar-refractivity contribution in [2.24, 2.45) is 5.41 Å². The number of hydrogen-bond acceptors (Lipinski definition) is 4. The van der Waals surface area contributed by atoms with Gasteiger partial charge in [-0.05, 0) is 51.2 Å². The Balaban J connectivity index is 1.31. The van der Waals surface area contributed by atoms with Crippen LogP contribution in [0.4, 0.5) is 5.82 Å². The molecule has 0 saturated carbocycles. The summed E-state index contributed by atoms with van der Waals surface area (Å²) in [7, 11) is 0. The van der Waals surface area contributed by atoms with Crippen LogP contribution in [-0.2, 0) is 11.3 Å². The second-order valence-corrected chi connectivity index (χ2v) is 8.87. The number of para-hydroxylation sites is 1. The van der Waals surface area contributed by atoms with Crippen LogP contribution < -0.4 is 4.90 Å². The summed E-state index contributed by atoms with van der Waals surface area (Å²) in [6.45, 7) is 7.25. The fraction of sp³-hybridized carbons (Fsp3) is 0.458. The maximum atomic E-state index is 13.6. The van der Waals surface area contributed by atoms with Crippen LogP contribution in [0.2, 0.25) is 0 Å². The summed E-state index contributed by atoms with van der Waals surface area (Å²) in [6, 6.07) is 10.4. The number of carbonyl (C=O) groups excluding carboxylic acids is 1. The molecule has 2 aromatic heterocycles. The van der Waals surface area contributed by atoms with Gasteiger partial charge in [0.25, 0.3) is 0 Å². The maximum absolute atomic E-state index is 13.6. The second kappa shape index (κ2) is 7.42. The Morgan fingerprint density at radius 2 is 1.87 bits per heavy atom. The first kappa shape index (κ1) is 19.1. The van der Waals surface area contributed by atoms with E-state index in [1.807, 2.05) is 19.9 Å². The van der Waals surface area contributed by atoms with Gasteiger partial charge >= 0.3 is 0 Å². The largest absolute Gasteiger partial charge is 0.361 e. The van der Waals surface area contributed by atoms with Crippen molar-refractivity contribution in [1.29, 1.82) is 0 Å². The van der Waals surface area contributed by atoms with Gasteiger partial charge in [-0.1, -0.05) is 18.2 Å². The number of carbonyl (C=O) groups is 1. The third-order valence-electron chi connectivity index (χ3n) is 6.86. The molecule has 0 aliphatic carbocycles. The van der Waals surface area contributed by atoms with E-state index in [1.54, 1.807) is 0 Å². The number of nitrogens with one attached hydrogen (secondary N) is 1. The minimum Gasteiger partial charge on any atom is -0.361 e. The van der Waals surface area contributed by atoms with Gasteiger partial charge in [0.2, 0.25) is 5.91 Å². The first-order valence-electron chi connectivity index (χ1n) is 11.0. The zero-order valence-corrected chi connectivity index (χ0v) is 17.8. The van der Waals surface area contributed by atoms with Gasteiger partial charge in [-0.25, -0.2) is 9.97 Å². The number of aromatic nitrogens is 3. The molecule has 0 unspecified atom stereocenters. The summed E-state index contributed by atoms with van der Waals surface area (Å²) in [4.78, 5) is 30.3. The number of aryl methyl sites for hydroxylation is 2. The number of anilines is 1. The summed E-state index contributed by atoms with van der Waals surface area (Å²) in [6.07, 6.45) is 5.95. The molecule has 1 spiro atoms. The molecule has 156 valence electrons. The van der Waals surface area contributed by atoms with Crippen LogP contribution in [0, 0.1) is 19.3 Å². The van der Waals surface area contributed by atoms with E-state index < -0.39 is 0 Å². The highest BCUT2D eigenvalue weighted by molar-refractivity contribution is 5.86. The monoisotopic (exact) mass is 403 g/mol. The van der Waals surface area contributed by atoms with Crippen LogP contribution in [0.3, 0.4) is 0 Å². The van der Waals surface area contributed by atoms with Crippen LogP contribution >= 0.6 is 0 Å². The topological polar surface area (TPSA) is 65.1 Å². The smallest absolute Gasteiger partial charge is 0.229 e. The molecule has 0 bridgehead atoms. The normalized spacial score (nSPS) is 19.1. The standard InChI is InChI=1S/C24H29N5O/c1-17-14-22(27-18(2)26-17)28-12-9-24(10-13-28)8-5-11-29(23(24)30)16-19-15-25-21-7-4-3-6-20(19)21/h3-4,6-7,14-15,25H,5,8-13,16H2,1-2H3. The van der Waals surface area contributed by atoms with E-state index >= 15 is 0 Å². The number of nitrogens with zero attached hydrogens (tertiary/aromatic N) is 4. The molecule has 1 aromatic carbocycles. The average Bonchev–Trinajstić information content (AvgIpc) is 3.14. The van der Waals surface area contributed by atoms with Gasteiger partial charge in [0.05, 0.1) is 5.41 Å².